The van der Waals surface area contributed by atoms with Crippen molar-refractivity contribution in [3.8, 4) is 0 Å². The number of hydrogen-bond acceptors (Lipinski definition) is 4. The molecule has 0 bridgehead atoms. The number of aryl methyl sites for hydroxylation is 2. The zero-order chi connectivity index (χ0) is 15.0. The number of hydrogen-bond donors (Lipinski definition) is 2. The highest BCUT2D eigenvalue weighted by molar-refractivity contribution is 7.09. The van der Waals surface area contributed by atoms with Crippen molar-refractivity contribution in [2.24, 2.45) is 0 Å². The van der Waals surface area contributed by atoms with Crippen LogP contribution in [0.4, 0.5) is 5.69 Å². The van der Waals surface area contributed by atoms with Gasteiger partial charge in [-0.25, -0.2) is 9.36 Å². The molecule has 0 spiro atoms. The third kappa shape index (κ3) is 2.50. The van der Waals surface area contributed by atoms with Crippen LogP contribution in [-0.4, -0.2) is 15.5 Å². The predicted molar refractivity (Wildman–Crippen MR) is 85.0 cm³/mol. The summed E-state index contributed by atoms with van der Waals surface area (Å²) in [5.41, 5.74) is 8.09. The molecule has 3 N–H and O–H groups in total. The van der Waals surface area contributed by atoms with Crippen LogP contribution in [0.3, 0.4) is 0 Å². The van der Waals surface area contributed by atoms with E-state index in [1.54, 1.807) is 23.5 Å². The number of nitrogen functional groups attached to an aromatic ring is 1. The van der Waals surface area contributed by atoms with Crippen molar-refractivity contribution in [1.29, 1.82) is 0 Å². The first-order chi connectivity index (χ1) is 10.1. The number of fused-ring (bicyclic) bond motifs is 1. The van der Waals surface area contributed by atoms with Crippen molar-refractivity contribution >= 4 is 34.0 Å². The molecule has 0 saturated carbocycles. The lowest BCUT2D eigenvalue weighted by Crippen LogP contribution is -2.24. The molecule has 0 amide bonds. The first-order valence-electron chi connectivity index (χ1n) is 6.62. The van der Waals surface area contributed by atoms with Crippen molar-refractivity contribution in [3.63, 3.8) is 0 Å². The van der Waals surface area contributed by atoms with Gasteiger partial charge in [0, 0.05) is 17.0 Å². The number of benzene rings is 1. The summed E-state index contributed by atoms with van der Waals surface area (Å²) in [6.07, 6.45) is 0.929. The molecule has 3 rings (SSSR count). The van der Waals surface area contributed by atoms with Gasteiger partial charge in [-0.05, 0) is 42.5 Å². The number of carbonyl (C=O) groups excluding carboxylic acids is 1. The molecule has 0 fully saturated rings. The minimum Gasteiger partial charge on any atom is -0.398 e. The summed E-state index contributed by atoms with van der Waals surface area (Å²) in [4.78, 5) is 28.2. The monoisotopic (exact) mass is 301 g/mol. The van der Waals surface area contributed by atoms with Crippen molar-refractivity contribution < 1.29 is 4.79 Å². The van der Waals surface area contributed by atoms with Crippen LogP contribution >= 0.6 is 11.3 Å². The van der Waals surface area contributed by atoms with E-state index in [-0.39, 0.29) is 5.91 Å². The standard InChI is InChI=1S/C15H15N3O2S/c1-9-7-12-13(8-11(9)16)18(15(20)17-12)14(19)5-4-10-3-2-6-21-10/h2-3,6-8H,4-5,16H2,1H3,(H,17,20). The maximum absolute atomic E-state index is 12.3. The highest BCUT2D eigenvalue weighted by Gasteiger charge is 2.15. The number of thiophene rings is 1. The van der Waals surface area contributed by atoms with Gasteiger partial charge < -0.3 is 10.7 Å². The number of aromatic amines is 1. The summed E-state index contributed by atoms with van der Waals surface area (Å²) in [5.74, 6) is -0.220. The Bertz CT molecular complexity index is 859. The third-order valence-corrected chi connectivity index (χ3v) is 4.42. The Morgan fingerprint density at radius 1 is 1.43 bits per heavy atom. The molecule has 21 heavy (non-hydrogen) atoms. The molecule has 0 saturated heterocycles. The fourth-order valence-corrected chi connectivity index (χ4v) is 3.03. The van der Waals surface area contributed by atoms with Crippen LogP contribution in [0, 0.1) is 6.92 Å². The molecule has 0 atom stereocenters. The highest BCUT2D eigenvalue weighted by atomic mass is 32.1. The summed E-state index contributed by atoms with van der Waals surface area (Å²) in [6.45, 7) is 1.86. The Kier molecular flexibility index (Phi) is 3.39. The molecule has 0 unspecified atom stereocenters. The fourth-order valence-electron chi connectivity index (χ4n) is 2.32. The van der Waals surface area contributed by atoms with Crippen molar-refractivity contribution in [3.05, 3.63) is 50.6 Å². The predicted octanol–water partition coefficient (Wildman–Crippen LogP) is 2.55. The van der Waals surface area contributed by atoms with E-state index in [9.17, 15) is 9.59 Å². The summed E-state index contributed by atoms with van der Waals surface area (Å²) < 4.78 is 1.18. The summed E-state index contributed by atoms with van der Waals surface area (Å²) in [7, 11) is 0. The van der Waals surface area contributed by atoms with Crippen LogP contribution in [0.15, 0.2) is 34.4 Å². The number of nitrogens with one attached hydrogen (secondary N) is 1. The Morgan fingerprint density at radius 2 is 2.24 bits per heavy atom. The first kappa shape index (κ1) is 13.6. The molecule has 2 aromatic heterocycles. The first-order valence-corrected chi connectivity index (χ1v) is 7.50. The van der Waals surface area contributed by atoms with E-state index in [0.29, 0.717) is 29.6 Å². The van der Waals surface area contributed by atoms with Gasteiger partial charge in [-0.3, -0.25) is 4.79 Å². The van der Waals surface area contributed by atoms with Crippen LogP contribution in [0.2, 0.25) is 0 Å². The van der Waals surface area contributed by atoms with Crippen LogP contribution in [0.1, 0.15) is 21.7 Å². The molecule has 5 nitrogen and oxygen atoms in total. The van der Waals surface area contributed by atoms with E-state index >= 15 is 0 Å². The van der Waals surface area contributed by atoms with Gasteiger partial charge in [-0.2, -0.15) is 0 Å². The number of anilines is 1. The molecule has 2 heterocycles. The zero-order valence-electron chi connectivity index (χ0n) is 11.6. The van der Waals surface area contributed by atoms with Crippen LogP contribution in [0.25, 0.3) is 11.0 Å². The number of rotatable bonds is 3. The normalized spacial score (nSPS) is 11.1. The van der Waals surface area contributed by atoms with Gasteiger partial charge in [0.1, 0.15) is 0 Å². The highest BCUT2D eigenvalue weighted by Crippen LogP contribution is 2.19. The Labute approximate surface area is 125 Å². The van der Waals surface area contributed by atoms with Gasteiger partial charge in [-0.15, -0.1) is 11.3 Å². The van der Waals surface area contributed by atoms with Crippen molar-refractivity contribution in [1.82, 2.24) is 9.55 Å². The Hall–Kier alpha value is -2.34. The quantitative estimate of drug-likeness (QED) is 0.729. The Balaban J connectivity index is 1.95. The second kappa shape index (κ2) is 5.21. The lowest BCUT2D eigenvalue weighted by molar-refractivity contribution is 0.0904. The molecule has 1 aromatic carbocycles. The minimum atomic E-state index is -0.411. The van der Waals surface area contributed by atoms with Gasteiger partial charge in [-0.1, -0.05) is 6.07 Å². The smallest absolute Gasteiger partial charge is 0.333 e. The zero-order valence-corrected chi connectivity index (χ0v) is 12.4. The molecule has 3 aromatic rings. The number of H-pyrrole nitrogens is 1. The number of imidazole rings is 1. The summed E-state index contributed by atoms with van der Waals surface area (Å²) >= 11 is 1.61. The topological polar surface area (TPSA) is 80.9 Å². The molecular formula is C15H15N3O2S. The number of aromatic nitrogens is 2. The van der Waals surface area contributed by atoms with Crippen LogP contribution in [0.5, 0.6) is 0 Å². The SMILES string of the molecule is Cc1cc2[nH]c(=O)n(C(=O)CCc3cccs3)c2cc1N. The Morgan fingerprint density at radius 3 is 2.95 bits per heavy atom. The van der Waals surface area contributed by atoms with E-state index in [0.717, 1.165) is 10.4 Å². The average molecular weight is 301 g/mol. The molecular weight excluding hydrogens is 286 g/mol. The summed E-state index contributed by atoms with van der Waals surface area (Å²) in [5, 5.41) is 1.97. The molecule has 0 aliphatic heterocycles. The maximum Gasteiger partial charge on any atom is 0.333 e. The average Bonchev–Trinajstić information content (AvgIpc) is 3.04. The maximum atomic E-state index is 12.3. The van der Waals surface area contributed by atoms with Gasteiger partial charge in [0.2, 0.25) is 5.91 Å². The van der Waals surface area contributed by atoms with Crippen LogP contribution < -0.4 is 11.4 Å². The van der Waals surface area contributed by atoms with Crippen molar-refractivity contribution in [2.45, 2.75) is 19.8 Å². The lowest BCUT2D eigenvalue weighted by Gasteiger charge is -2.04. The second-order valence-electron chi connectivity index (χ2n) is 4.96. The molecule has 6 heteroatoms. The molecule has 108 valence electrons. The molecule has 0 radical (unpaired) electrons. The van der Waals surface area contributed by atoms with E-state index in [4.69, 9.17) is 5.73 Å². The van der Waals surface area contributed by atoms with E-state index in [1.807, 2.05) is 24.4 Å². The van der Waals surface area contributed by atoms with E-state index in [2.05, 4.69) is 4.98 Å². The van der Waals surface area contributed by atoms with Gasteiger partial charge in [0.15, 0.2) is 0 Å². The fraction of sp³-hybridized carbons (Fsp3) is 0.200. The lowest BCUT2D eigenvalue weighted by atomic mass is 10.2. The van der Waals surface area contributed by atoms with E-state index < -0.39 is 5.69 Å². The largest absolute Gasteiger partial charge is 0.398 e. The number of nitrogens with two attached hydrogens (primary N) is 1. The van der Waals surface area contributed by atoms with Crippen molar-refractivity contribution in [2.75, 3.05) is 5.73 Å². The molecule has 0 aliphatic rings. The molecule has 0 aliphatic carbocycles. The number of nitrogens with zero attached hydrogens (tertiary/aromatic N) is 1. The minimum absolute atomic E-state index is 0.220. The van der Waals surface area contributed by atoms with Crippen LogP contribution in [-0.2, 0) is 6.42 Å². The van der Waals surface area contributed by atoms with Gasteiger partial charge >= 0.3 is 5.69 Å². The summed E-state index contributed by atoms with van der Waals surface area (Å²) in [6, 6.07) is 7.39. The van der Waals surface area contributed by atoms with E-state index in [1.165, 1.54) is 4.57 Å². The third-order valence-electron chi connectivity index (χ3n) is 3.48. The number of carbonyl (C=O) groups is 1. The van der Waals surface area contributed by atoms with Gasteiger partial charge in [0.05, 0.1) is 11.0 Å². The second-order valence-corrected chi connectivity index (χ2v) is 6.00. The van der Waals surface area contributed by atoms with Gasteiger partial charge in [0.25, 0.3) is 0 Å².